The molecule has 0 saturated carbocycles. The van der Waals surface area contributed by atoms with E-state index in [2.05, 4.69) is 45.3 Å². The Balaban J connectivity index is 1.93. The Labute approximate surface area is 236 Å². The average Bonchev–Trinajstić information content (AvgIpc) is 3.25. The quantitative estimate of drug-likeness (QED) is 0.380. The van der Waals surface area contributed by atoms with Gasteiger partial charge in [-0.15, -0.1) is 0 Å². The molecule has 1 N–H and O–H groups in total. The van der Waals surface area contributed by atoms with Crippen LogP contribution < -0.4 is 10.1 Å². The lowest BCUT2D eigenvalue weighted by atomic mass is 9.76. The first-order chi connectivity index (χ1) is 18.0. The topological polar surface area (TPSA) is 115 Å². The Morgan fingerprint density at radius 3 is 2.74 bits per heavy atom. The minimum atomic E-state index is -1.48. The number of piperazine rings is 1. The summed E-state index contributed by atoms with van der Waals surface area (Å²) in [4.78, 5) is 22.0. The zero-order valence-electron chi connectivity index (χ0n) is 22.0. The van der Waals surface area contributed by atoms with E-state index in [1.54, 1.807) is 26.8 Å². The van der Waals surface area contributed by atoms with Crippen molar-refractivity contribution in [1.82, 2.24) is 20.1 Å². The molecule has 11 heteroatoms. The van der Waals surface area contributed by atoms with Crippen molar-refractivity contribution in [3.8, 4) is 18.0 Å². The number of rotatable bonds is 5. The molecule has 3 heterocycles. The summed E-state index contributed by atoms with van der Waals surface area (Å²) in [7, 11) is 2.07. The van der Waals surface area contributed by atoms with Gasteiger partial charge in [0.05, 0.1) is 24.1 Å². The number of carbonyl (C=O) groups is 1. The molecule has 202 valence electrons. The molecule has 2 aromatic rings. The van der Waals surface area contributed by atoms with Crippen LogP contribution in [0.2, 0.25) is 0 Å². The number of fused-ring (bicyclic) bond motifs is 1. The summed E-state index contributed by atoms with van der Waals surface area (Å²) in [6.45, 7) is 6.89. The number of nitriles is 2. The molecule has 0 bridgehead atoms. The van der Waals surface area contributed by atoms with E-state index in [1.807, 2.05) is 18.2 Å². The van der Waals surface area contributed by atoms with Gasteiger partial charge in [-0.2, -0.15) is 10.5 Å². The predicted octanol–water partition coefficient (Wildman–Crippen LogP) is 4.88. The summed E-state index contributed by atoms with van der Waals surface area (Å²) in [5, 5.41) is 24.2. The normalized spacial score (nSPS) is 26.1. The maximum Gasteiger partial charge on any atom is 0.412 e. The second-order valence-corrected chi connectivity index (χ2v) is 12.2. The number of benzene rings is 1. The Bertz CT molecular complexity index is 1290. The van der Waals surface area contributed by atoms with Crippen molar-refractivity contribution in [2.75, 3.05) is 26.7 Å². The molecule has 9 nitrogen and oxygen atoms in total. The van der Waals surface area contributed by atoms with Crippen molar-refractivity contribution < 1.29 is 14.3 Å². The number of aromatic nitrogens is 1. The average molecular weight is 604 g/mol. The van der Waals surface area contributed by atoms with Crippen LogP contribution in [0.25, 0.3) is 10.9 Å². The van der Waals surface area contributed by atoms with E-state index in [-0.39, 0.29) is 19.0 Å². The number of hydrogen-bond donors (Lipinski definition) is 1. The summed E-state index contributed by atoms with van der Waals surface area (Å²) in [6.07, 6.45) is 1.23. The Morgan fingerprint density at radius 1 is 1.34 bits per heavy atom. The lowest BCUT2D eigenvalue weighted by molar-refractivity contribution is -0.0262. The van der Waals surface area contributed by atoms with Crippen LogP contribution in [0, 0.1) is 22.7 Å². The van der Waals surface area contributed by atoms with Gasteiger partial charge in [-0.05, 0) is 64.9 Å². The molecule has 2 saturated heterocycles. The molecule has 2 fully saturated rings. The molecule has 2 aliphatic rings. The monoisotopic (exact) mass is 602 g/mol. The number of hydrogen-bond acceptors (Lipinski definition) is 8. The van der Waals surface area contributed by atoms with E-state index in [4.69, 9.17) is 26.1 Å². The Hall–Kier alpha value is -2.63. The van der Waals surface area contributed by atoms with Crippen LogP contribution in [-0.2, 0) is 10.3 Å². The highest BCUT2D eigenvalue weighted by Crippen LogP contribution is 2.45. The predicted molar refractivity (Wildman–Crippen MR) is 148 cm³/mol. The molecule has 38 heavy (non-hydrogen) atoms. The highest BCUT2D eigenvalue weighted by Gasteiger charge is 2.55. The fourth-order valence-electron chi connectivity index (χ4n) is 5.27. The minimum Gasteiger partial charge on any atom is -0.476 e. The van der Waals surface area contributed by atoms with Crippen LogP contribution >= 0.6 is 27.5 Å². The molecular weight excluding hydrogens is 572 g/mol. The van der Waals surface area contributed by atoms with E-state index in [0.717, 1.165) is 23.9 Å². The smallest absolute Gasteiger partial charge is 0.412 e. The van der Waals surface area contributed by atoms with E-state index >= 15 is 0 Å². The highest BCUT2D eigenvalue weighted by molar-refractivity contribution is 9.10. The molecule has 1 aromatic heterocycles. The number of amides is 1. The number of carbonyl (C=O) groups excluding carboxylic acids is 1. The number of pyridine rings is 1. The third-order valence-electron chi connectivity index (χ3n) is 7.06. The molecule has 3 unspecified atom stereocenters. The van der Waals surface area contributed by atoms with Crippen molar-refractivity contribution >= 4 is 44.5 Å². The van der Waals surface area contributed by atoms with Crippen molar-refractivity contribution in [1.29, 1.82) is 10.5 Å². The summed E-state index contributed by atoms with van der Waals surface area (Å²) >= 11 is 10.3. The molecule has 1 amide bonds. The van der Waals surface area contributed by atoms with Gasteiger partial charge in [0.15, 0.2) is 0 Å². The van der Waals surface area contributed by atoms with Crippen molar-refractivity contribution in [2.45, 2.75) is 68.8 Å². The fraction of sp³-hybridized carbons (Fsp3) is 0.556. The van der Waals surface area contributed by atoms with Crippen molar-refractivity contribution in [3.63, 3.8) is 0 Å². The molecular formula is C27H32BrClN6O3. The van der Waals surface area contributed by atoms with Crippen molar-refractivity contribution in [2.24, 2.45) is 0 Å². The van der Waals surface area contributed by atoms with E-state index in [0.29, 0.717) is 29.0 Å². The van der Waals surface area contributed by atoms with Crippen molar-refractivity contribution in [3.05, 3.63) is 34.3 Å². The number of likely N-dealkylation sites (N-methyl/N-ethyl adjacent to an activating group) is 1. The number of halogens is 2. The first kappa shape index (κ1) is 28.4. The highest BCUT2D eigenvalue weighted by atomic mass is 79.9. The first-order valence-corrected chi connectivity index (χ1v) is 13.8. The van der Waals surface area contributed by atoms with Crippen LogP contribution in [0.4, 0.5) is 4.79 Å². The summed E-state index contributed by atoms with van der Waals surface area (Å²) in [5.41, 5.74) is -2.03. The first-order valence-electron chi connectivity index (χ1n) is 12.6. The molecule has 0 radical (unpaired) electrons. The summed E-state index contributed by atoms with van der Waals surface area (Å²) in [6, 6.07) is 11.1. The Morgan fingerprint density at radius 2 is 2.11 bits per heavy atom. The van der Waals surface area contributed by atoms with Gasteiger partial charge < -0.3 is 14.4 Å². The van der Waals surface area contributed by atoms with E-state index < -0.39 is 28.8 Å². The molecule has 4 rings (SSSR count). The second-order valence-electron chi connectivity index (χ2n) is 10.8. The standard InChI is InChI=1S/C27H32BrClN6O3/c1-26(2,3)38-25(36)35-23(29)15-32-22(14-31)27(35,9-10-30)20-13-24(37-16-18-6-5-11-34(18)4)33-21-12-17(28)7-8-19(20)21/h7-8,12-13,18,22-23,32H,5-6,9,11,15-16H2,1-4H3/t18-,22?,23?,27?/m0/s1. The lowest BCUT2D eigenvalue weighted by Gasteiger charge is -2.51. The number of nitrogens with zero attached hydrogens (tertiary/aromatic N) is 5. The van der Waals surface area contributed by atoms with Gasteiger partial charge in [0.2, 0.25) is 5.88 Å². The van der Waals surface area contributed by atoms with Crippen LogP contribution in [0.5, 0.6) is 5.88 Å². The molecule has 0 spiro atoms. The summed E-state index contributed by atoms with van der Waals surface area (Å²) < 4.78 is 12.8. The zero-order chi connectivity index (χ0) is 27.7. The van der Waals surface area contributed by atoms with Crippen LogP contribution in [-0.4, -0.2) is 70.8 Å². The number of ether oxygens (including phenoxy) is 2. The Kier molecular flexibility index (Phi) is 8.39. The van der Waals surface area contributed by atoms with Crippen LogP contribution in [0.15, 0.2) is 28.7 Å². The number of alkyl halides is 1. The molecule has 1 aromatic carbocycles. The number of nitrogens with one attached hydrogen (secondary N) is 1. The lowest BCUT2D eigenvalue weighted by Crippen LogP contribution is -2.69. The maximum absolute atomic E-state index is 13.7. The third-order valence-corrected chi connectivity index (χ3v) is 7.90. The van der Waals surface area contributed by atoms with Crippen LogP contribution in [0.3, 0.4) is 0 Å². The molecule has 2 aliphatic heterocycles. The van der Waals surface area contributed by atoms with Gasteiger partial charge in [0, 0.05) is 28.5 Å². The molecule has 0 aliphatic carbocycles. The molecule has 4 atom stereocenters. The SMILES string of the molecule is CN1CCC[C@H]1COc1cc(C2(CC#N)C(C#N)NCC(Cl)N2C(=O)OC(C)(C)C)c2ccc(Br)cc2n1. The third kappa shape index (κ3) is 5.55. The zero-order valence-corrected chi connectivity index (χ0v) is 24.3. The maximum atomic E-state index is 13.7. The van der Waals surface area contributed by atoms with Gasteiger partial charge in [0.1, 0.15) is 29.3 Å². The van der Waals surface area contributed by atoms with Gasteiger partial charge in [-0.1, -0.05) is 33.6 Å². The van der Waals surface area contributed by atoms with E-state index in [1.165, 1.54) is 4.90 Å². The largest absolute Gasteiger partial charge is 0.476 e. The van der Waals surface area contributed by atoms with Gasteiger partial charge in [0.25, 0.3) is 0 Å². The van der Waals surface area contributed by atoms with Gasteiger partial charge in [-0.3, -0.25) is 10.2 Å². The number of likely N-dealkylation sites (tertiary alicyclic amines) is 1. The summed E-state index contributed by atoms with van der Waals surface area (Å²) in [5.74, 6) is 0.348. The van der Waals surface area contributed by atoms with Gasteiger partial charge >= 0.3 is 6.09 Å². The van der Waals surface area contributed by atoms with Gasteiger partial charge in [-0.25, -0.2) is 9.78 Å². The fourth-order valence-corrected chi connectivity index (χ4v) is 5.97. The second kappa shape index (κ2) is 11.2. The minimum absolute atomic E-state index is 0.151. The van der Waals surface area contributed by atoms with Crippen LogP contribution in [0.1, 0.15) is 45.6 Å². The van der Waals surface area contributed by atoms with E-state index in [9.17, 15) is 15.3 Å².